The normalized spacial score (nSPS) is 12.7. The van der Waals surface area contributed by atoms with Crippen LogP contribution in [0, 0.1) is 5.92 Å². The number of rotatable bonds is 9. The zero-order valence-corrected chi connectivity index (χ0v) is 16.1. The molecule has 138 valence electrons. The van der Waals surface area contributed by atoms with Gasteiger partial charge in [-0.3, -0.25) is 4.79 Å². The van der Waals surface area contributed by atoms with Crippen molar-refractivity contribution in [2.24, 2.45) is 5.92 Å². The number of aliphatic hydroxyl groups is 1. The lowest BCUT2D eigenvalue weighted by Gasteiger charge is -2.19. The van der Waals surface area contributed by atoms with Gasteiger partial charge in [-0.15, -0.1) is 0 Å². The molecule has 0 aliphatic heterocycles. The fourth-order valence-electron chi connectivity index (χ4n) is 2.05. The van der Waals surface area contributed by atoms with Crippen molar-refractivity contribution in [1.29, 1.82) is 0 Å². The van der Waals surface area contributed by atoms with Gasteiger partial charge in [-0.2, -0.15) is 0 Å². The van der Waals surface area contributed by atoms with Gasteiger partial charge in [-0.1, -0.05) is 13.8 Å². The van der Waals surface area contributed by atoms with Gasteiger partial charge in [0.15, 0.2) is 0 Å². The van der Waals surface area contributed by atoms with Crippen molar-refractivity contribution in [3.8, 4) is 11.5 Å². The van der Waals surface area contributed by atoms with Crippen LogP contribution >= 0.6 is 15.9 Å². The minimum Gasteiger partial charge on any atom is -0.496 e. The number of carboxylic acids is 1. The third-order valence-corrected chi connectivity index (χ3v) is 4.26. The monoisotopic (exact) mass is 415 g/mol. The molecular formula is C17H22BrNO6. The van der Waals surface area contributed by atoms with E-state index >= 15 is 0 Å². The number of ketones is 1. The molecule has 0 saturated heterocycles. The van der Waals surface area contributed by atoms with Crippen LogP contribution in [-0.2, 0) is 4.79 Å². The van der Waals surface area contributed by atoms with Crippen LogP contribution < -0.4 is 14.8 Å². The minimum atomic E-state index is -1.38. The van der Waals surface area contributed by atoms with Crippen LogP contribution in [-0.4, -0.2) is 48.8 Å². The molecule has 0 saturated carbocycles. The summed E-state index contributed by atoms with van der Waals surface area (Å²) >= 11 is 3.27. The average Bonchev–Trinajstić information content (AvgIpc) is 2.57. The van der Waals surface area contributed by atoms with E-state index in [4.69, 9.17) is 9.47 Å². The van der Waals surface area contributed by atoms with Gasteiger partial charge in [0.05, 0.1) is 36.9 Å². The van der Waals surface area contributed by atoms with E-state index in [0.717, 1.165) is 6.20 Å². The van der Waals surface area contributed by atoms with E-state index in [0.29, 0.717) is 10.2 Å². The van der Waals surface area contributed by atoms with Gasteiger partial charge in [0, 0.05) is 12.3 Å². The molecule has 1 aromatic rings. The quantitative estimate of drug-likeness (QED) is 0.245. The van der Waals surface area contributed by atoms with Gasteiger partial charge in [0.25, 0.3) is 0 Å². The van der Waals surface area contributed by atoms with Crippen LogP contribution in [0.4, 0.5) is 0 Å². The lowest BCUT2D eigenvalue weighted by atomic mass is 10.0. The van der Waals surface area contributed by atoms with Crippen LogP contribution in [0.1, 0.15) is 24.2 Å². The van der Waals surface area contributed by atoms with Crippen molar-refractivity contribution in [1.82, 2.24) is 5.32 Å². The summed E-state index contributed by atoms with van der Waals surface area (Å²) in [5, 5.41) is 21.5. The lowest BCUT2D eigenvalue weighted by molar-refractivity contribution is -0.132. The second kappa shape index (κ2) is 9.43. The highest BCUT2D eigenvalue weighted by Crippen LogP contribution is 2.34. The van der Waals surface area contributed by atoms with Gasteiger partial charge in [-0.05, 0) is 27.9 Å². The molecule has 1 atom stereocenters. The topological polar surface area (TPSA) is 105 Å². The highest BCUT2D eigenvalue weighted by Gasteiger charge is 2.24. The van der Waals surface area contributed by atoms with E-state index in [9.17, 15) is 19.8 Å². The highest BCUT2D eigenvalue weighted by molar-refractivity contribution is 9.10. The third kappa shape index (κ3) is 5.20. The van der Waals surface area contributed by atoms with E-state index in [1.54, 1.807) is 0 Å². The van der Waals surface area contributed by atoms with Crippen molar-refractivity contribution in [2.45, 2.75) is 19.9 Å². The maximum atomic E-state index is 12.7. The first-order valence-corrected chi connectivity index (χ1v) is 8.32. The number of carbonyl (C=O) groups is 2. The number of Topliss-reactive ketones (excluding diaryl/α,β-unsaturated/α-hetero) is 1. The molecule has 1 aromatic carbocycles. The highest BCUT2D eigenvalue weighted by atomic mass is 79.9. The second-order valence-corrected chi connectivity index (χ2v) is 6.43. The maximum absolute atomic E-state index is 12.7. The fraction of sp³-hybridized carbons (Fsp3) is 0.412. The SMILES string of the molecule is COc1cc(OC)c(C(=O)C(=CNC(CO)C(C)C)C(=O)O)cc1Br. The van der Waals surface area contributed by atoms with Crippen LogP contribution in [0.3, 0.4) is 0 Å². The summed E-state index contributed by atoms with van der Waals surface area (Å²) < 4.78 is 10.8. The van der Waals surface area contributed by atoms with Crippen LogP contribution in [0.5, 0.6) is 11.5 Å². The molecule has 0 amide bonds. The molecule has 0 spiro atoms. The van der Waals surface area contributed by atoms with Crippen molar-refractivity contribution in [2.75, 3.05) is 20.8 Å². The predicted octanol–water partition coefficient (Wildman–Crippen LogP) is 2.22. The Kier molecular flexibility index (Phi) is 7.92. The fourth-order valence-corrected chi connectivity index (χ4v) is 2.56. The lowest BCUT2D eigenvalue weighted by Crippen LogP contribution is -2.34. The summed E-state index contributed by atoms with van der Waals surface area (Å²) in [5.74, 6) is -1.41. The zero-order valence-electron chi connectivity index (χ0n) is 14.5. The van der Waals surface area contributed by atoms with Crippen molar-refractivity contribution < 1.29 is 29.3 Å². The molecule has 0 radical (unpaired) electrons. The Morgan fingerprint density at radius 1 is 1.24 bits per heavy atom. The van der Waals surface area contributed by atoms with Crippen molar-refractivity contribution >= 4 is 27.7 Å². The number of benzene rings is 1. The predicted molar refractivity (Wildman–Crippen MR) is 96.1 cm³/mol. The molecule has 0 heterocycles. The van der Waals surface area contributed by atoms with Crippen molar-refractivity contribution in [3.05, 3.63) is 33.9 Å². The molecule has 1 unspecified atom stereocenters. The number of methoxy groups -OCH3 is 2. The van der Waals surface area contributed by atoms with Gasteiger partial charge >= 0.3 is 5.97 Å². The largest absolute Gasteiger partial charge is 0.496 e. The van der Waals surface area contributed by atoms with Gasteiger partial charge < -0.3 is 25.0 Å². The first-order valence-electron chi connectivity index (χ1n) is 7.53. The van der Waals surface area contributed by atoms with Crippen molar-refractivity contribution in [3.63, 3.8) is 0 Å². The van der Waals surface area contributed by atoms with E-state index in [1.807, 2.05) is 13.8 Å². The Morgan fingerprint density at radius 2 is 1.84 bits per heavy atom. The maximum Gasteiger partial charge on any atom is 0.341 e. The summed E-state index contributed by atoms with van der Waals surface area (Å²) in [5.41, 5.74) is -0.384. The first-order chi connectivity index (χ1) is 11.8. The number of aliphatic carboxylic acids is 1. The molecule has 0 aliphatic carbocycles. The Labute approximate surface area is 154 Å². The molecule has 1 rings (SSSR count). The molecule has 25 heavy (non-hydrogen) atoms. The molecular weight excluding hydrogens is 394 g/mol. The number of ether oxygens (including phenoxy) is 2. The van der Waals surface area contributed by atoms with Gasteiger partial charge in [0.1, 0.15) is 17.1 Å². The molecule has 0 bridgehead atoms. The molecule has 0 fully saturated rings. The number of carboxylic acid groups (broad SMARTS) is 1. The number of hydrogen-bond donors (Lipinski definition) is 3. The van der Waals surface area contributed by atoms with E-state index < -0.39 is 17.3 Å². The smallest absolute Gasteiger partial charge is 0.341 e. The van der Waals surface area contributed by atoms with Crippen LogP contribution in [0.15, 0.2) is 28.4 Å². The first kappa shape index (κ1) is 21.0. The Balaban J connectivity index is 3.28. The number of aliphatic hydroxyl groups excluding tert-OH is 1. The zero-order chi connectivity index (χ0) is 19.1. The summed E-state index contributed by atoms with van der Waals surface area (Å²) in [7, 11) is 2.84. The Morgan fingerprint density at radius 3 is 2.28 bits per heavy atom. The van der Waals surface area contributed by atoms with E-state index in [-0.39, 0.29) is 29.9 Å². The number of nitrogens with one attached hydrogen (secondary N) is 1. The van der Waals surface area contributed by atoms with E-state index in [1.165, 1.54) is 26.4 Å². The summed E-state index contributed by atoms with van der Waals surface area (Å²) in [6, 6.07) is 2.57. The number of hydrogen-bond acceptors (Lipinski definition) is 6. The molecule has 3 N–H and O–H groups in total. The molecule has 7 nitrogen and oxygen atoms in total. The van der Waals surface area contributed by atoms with Crippen LogP contribution in [0.2, 0.25) is 0 Å². The number of carbonyl (C=O) groups excluding carboxylic acids is 1. The second-order valence-electron chi connectivity index (χ2n) is 5.58. The summed E-state index contributed by atoms with van der Waals surface area (Å²) in [6.45, 7) is 3.55. The molecule has 0 aliphatic rings. The Hall–Kier alpha value is -2.06. The summed E-state index contributed by atoms with van der Waals surface area (Å²) in [4.78, 5) is 24.2. The molecule has 0 aromatic heterocycles. The van der Waals surface area contributed by atoms with Crippen LogP contribution in [0.25, 0.3) is 0 Å². The standard InChI is InChI=1S/C17H22BrNO6/c1-9(2)13(8-20)19-7-11(17(22)23)16(21)10-5-12(18)15(25-4)6-14(10)24-3/h5-7,9,13,19-20H,8H2,1-4H3,(H,22,23). The van der Waals surface area contributed by atoms with Gasteiger partial charge in [-0.25, -0.2) is 4.79 Å². The Bertz CT molecular complexity index is 671. The van der Waals surface area contributed by atoms with Gasteiger partial charge in [0.2, 0.25) is 5.78 Å². The van der Waals surface area contributed by atoms with E-state index in [2.05, 4.69) is 21.2 Å². The third-order valence-electron chi connectivity index (χ3n) is 3.64. The molecule has 8 heteroatoms. The minimum absolute atomic E-state index is 0.0519. The summed E-state index contributed by atoms with van der Waals surface area (Å²) in [6.07, 6.45) is 1.11. The average molecular weight is 416 g/mol. The number of halogens is 1.